The van der Waals surface area contributed by atoms with E-state index in [1.807, 2.05) is 6.92 Å². The second kappa shape index (κ2) is 8.48. The molecule has 9 heteroatoms. The van der Waals surface area contributed by atoms with Gasteiger partial charge in [-0.15, -0.1) is 0 Å². The third-order valence-electron chi connectivity index (χ3n) is 4.54. The van der Waals surface area contributed by atoms with E-state index >= 15 is 0 Å². The molecule has 1 aromatic heterocycles. The Labute approximate surface area is 170 Å². The monoisotopic (exact) mass is 419 g/mol. The van der Waals surface area contributed by atoms with E-state index in [-0.39, 0.29) is 18.1 Å². The molecule has 0 bridgehead atoms. The topological polar surface area (TPSA) is 65.4 Å². The zero-order valence-electron chi connectivity index (χ0n) is 16.8. The van der Waals surface area contributed by atoms with Crippen molar-refractivity contribution >= 4 is 11.6 Å². The number of benzene rings is 2. The molecule has 0 unspecified atom stereocenters. The fourth-order valence-corrected chi connectivity index (χ4v) is 2.95. The van der Waals surface area contributed by atoms with Gasteiger partial charge in [-0.05, 0) is 43.2 Å². The minimum absolute atomic E-state index is 0.0447. The fraction of sp³-hybridized carbons (Fsp3) is 0.238. The van der Waals surface area contributed by atoms with Gasteiger partial charge in [0.2, 0.25) is 5.95 Å². The molecular formula is C21H20F3N3O3. The highest BCUT2D eigenvalue weighted by molar-refractivity contribution is 5.64. The first kappa shape index (κ1) is 21.2. The molecule has 1 heterocycles. The lowest BCUT2D eigenvalue weighted by Crippen LogP contribution is -2.19. The van der Waals surface area contributed by atoms with Crippen LogP contribution in [-0.4, -0.2) is 23.8 Å². The maximum absolute atomic E-state index is 13.6. The molecule has 0 saturated heterocycles. The van der Waals surface area contributed by atoms with Crippen molar-refractivity contribution in [3.63, 3.8) is 0 Å². The summed E-state index contributed by atoms with van der Waals surface area (Å²) >= 11 is 0. The van der Waals surface area contributed by atoms with Crippen molar-refractivity contribution in [2.75, 3.05) is 19.5 Å². The molecule has 0 saturated carbocycles. The second-order valence-electron chi connectivity index (χ2n) is 6.70. The number of nitrogens with one attached hydrogen (secondary N) is 1. The first-order valence-electron chi connectivity index (χ1n) is 8.94. The van der Waals surface area contributed by atoms with E-state index in [2.05, 4.69) is 10.3 Å². The number of halogens is 3. The summed E-state index contributed by atoms with van der Waals surface area (Å²) in [6.45, 7) is 3.35. The van der Waals surface area contributed by atoms with Crippen molar-refractivity contribution in [3.05, 3.63) is 75.0 Å². The highest BCUT2D eigenvalue weighted by Crippen LogP contribution is 2.34. The van der Waals surface area contributed by atoms with Crippen molar-refractivity contribution in [2.24, 2.45) is 0 Å². The van der Waals surface area contributed by atoms with Crippen LogP contribution in [0, 0.1) is 31.3 Å². The fourth-order valence-electron chi connectivity index (χ4n) is 2.95. The summed E-state index contributed by atoms with van der Waals surface area (Å²) in [5, 5.41) is 3.05. The number of aryl methyl sites for hydroxylation is 2. The summed E-state index contributed by atoms with van der Waals surface area (Å²) in [5.74, 6) is -2.97. The normalized spacial score (nSPS) is 10.8. The van der Waals surface area contributed by atoms with Gasteiger partial charge in [-0.3, -0.25) is 4.79 Å². The van der Waals surface area contributed by atoms with Crippen molar-refractivity contribution < 1.29 is 22.6 Å². The summed E-state index contributed by atoms with van der Waals surface area (Å²) in [6.07, 6.45) is 1.51. The minimum Gasteiger partial charge on any atom is -0.493 e. The average molecular weight is 419 g/mol. The summed E-state index contributed by atoms with van der Waals surface area (Å²) in [5.41, 5.74) is 1.43. The highest BCUT2D eigenvalue weighted by Gasteiger charge is 2.15. The Morgan fingerprint density at radius 2 is 1.57 bits per heavy atom. The third-order valence-corrected chi connectivity index (χ3v) is 4.54. The molecule has 3 rings (SSSR count). The van der Waals surface area contributed by atoms with Crippen LogP contribution < -0.4 is 20.3 Å². The SMILES string of the molecule is COc1cc(C)c(Nc2nc(=O)c(C)cn2Cc2cc(F)c(F)c(F)c2)cc1OC. The van der Waals surface area contributed by atoms with E-state index < -0.39 is 23.0 Å². The number of anilines is 2. The molecule has 0 aliphatic rings. The molecule has 6 nitrogen and oxygen atoms in total. The van der Waals surface area contributed by atoms with Crippen molar-refractivity contribution in [2.45, 2.75) is 20.4 Å². The van der Waals surface area contributed by atoms with Gasteiger partial charge in [-0.25, -0.2) is 13.2 Å². The predicted octanol–water partition coefficient (Wildman–Crippen LogP) is 4.09. The van der Waals surface area contributed by atoms with E-state index in [1.165, 1.54) is 25.0 Å². The van der Waals surface area contributed by atoms with Crippen LogP contribution in [-0.2, 0) is 6.54 Å². The van der Waals surface area contributed by atoms with Gasteiger partial charge in [-0.1, -0.05) is 0 Å². The highest BCUT2D eigenvalue weighted by atomic mass is 19.2. The van der Waals surface area contributed by atoms with Crippen molar-refractivity contribution in [1.82, 2.24) is 9.55 Å². The molecule has 0 aliphatic carbocycles. The van der Waals surface area contributed by atoms with Gasteiger partial charge in [0, 0.05) is 23.5 Å². The Morgan fingerprint density at radius 1 is 0.967 bits per heavy atom. The largest absolute Gasteiger partial charge is 0.493 e. The van der Waals surface area contributed by atoms with Crippen LogP contribution in [0.15, 0.2) is 35.3 Å². The molecule has 0 atom stereocenters. The molecular weight excluding hydrogens is 399 g/mol. The molecule has 3 aromatic rings. The van der Waals surface area contributed by atoms with E-state index in [1.54, 1.807) is 19.1 Å². The summed E-state index contributed by atoms with van der Waals surface area (Å²) in [7, 11) is 3.01. The zero-order chi connectivity index (χ0) is 22.0. The Morgan fingerprint density at radius 3 is 2.17 bits per heavy atom. The molecule has 0 radical (unpaired) electrons. The van der Waals surface area contributed by atoms with Crippen LogP contribution in [0.5, 0.6) is 11.5 Å². The zero-order valence-corrected chi connectivity index (χ0v) is 16.8. The minimum atomic E-state index is -1.53. The Balaban J connectivity index is 2.04. The molecule has 0 amide bonds. The quantitative estimate of drug-likeness (QED) is 0.610. The van der Waals surface area contributed by atoms with Crippen LogP contribution in [0.2, 0.25) is 0 Å². The van der Waals surface area contributed by atoms with E-state index in [0.717, 1.165) is 17.7 Å². The third kappa shape index (κ3) is 4.24. The van der Waals surface area contributed by atoms with E-state index in [9.17, 15) is 18.0 Å². The molecule has 30 heavy (non-hydrogen) atoms. The number of aromatic nitrogens is 2. The van der Waals surface area contributed by atoms with Crippen molar-refractivity contribution in [1.29, 1.82) is 0 Å². The van der Waals surface area contributed by atoms with Crippen LogP contribution in [0.1, 0.15) is 16.7 Å². The molecule has 0 fully saturated rings. The van der Waals surface area contributed by atoms with E-state index in [4.69, 9.17) is 9.47 Å². The van der Waals surface area contributed by atoms with Gasteiger partial charge in [0.05, 0.1) is 20.8 Å². The number of nitrogens with zero attached hydrogens (tertiary/aromatic N) is 2. The first-order valence-corrected chi connectivity index (χ1v) is 8.94. The van der Waals surface area contributed by atoms with Gasteiger partial charge in [-0.2, -0.15) is 4.98 Å². The van der Waals surface area contributed by atoms with Crippen LogP contribution in [0.4, 0.5) is 24.8 Å². The van der Waals surface area contributed by atoms with Crippen molar-refractivity contribution in [3.8, 4) is 11.5 Å². The molecule has 158 valence electrons. The first-order chi connectivity index (χ1) is 14.2. The summed E-state index contributed by atoms with van der Waals surface area (Å²) in [4.78, 5) is 16.1. The van der Waals surface area contributed by atoms with Gasteiger partial charge < -0.3 is 19.4 Å². The maximum atomic E-state index is 13.6. The molecule has 0 aliphatic heterocycles. The maximum Gasteiger partial charge on any atom is 0.277 e. The standard InChI is InChI=1S/C21H20F3N3O3/c1-11-5-17(29-3)18(30-4)8-16(11)25-21-26-20(28)12(2)9-27(21)10-13-6-14(22)19(24)15(23)7-13/h5-9H,10H2,1-4H3,(H,25,26,28). The van der Waals surface area contributed by atoms with Gasteiger partial charge in [0.25, 0.3) is 5.56 Å². The van der Waals surface area contributed by atoms with Gasteiger partial charge in [0.15, 0.2) is 29.0 Å². The molecule has 1 N–H and O–H groups in total. The van der Waals surface area contributed by atoms with Crippen LogP contribution >= 0.6 is 0 Å². The number of rotatable bonds is 6. The summed E-state index contributed by atoms with van der Waals surface area (Å²) in [6, 6.07) is 5.23. The van der Waals surface area contributed by atoms with Crippen LogP contribution in [0.25, 0.3) is 0 Å². The predicted molar refractivity (Wildman–Crippen MR) is 106 cm³/mol. The number of ether oxygens (including phenoxy) is 2. The van der Waals surface area contributed by atoms with Gasteiger partial charge >= 0.3 is 0 Å². The van der Waals surface area contributed by atoms with Gasteiger partial charge in [0.1, 0.15) is 0 Å². The van der Waals surface area contributed by atoms with E-state index in [0.29, 0.717) is 22.7 Å². The summed E-state index contributed by atoms with van der Waals surface area (Å²) < 4.78 is 52.6. The Bertz CT molecular complexity index is 1140. The number of hydrogen-bond donors (Lipinski definition) is 1. The smallest absolute Gasteiger partial charge is 0.277 e. The molecule has 0 spiro atoms. The molecule has 2 aromatic carbocycles. The number of hydrogen-bond acceptors (Lipinski definition) is 5. The number of methoxy groups -OCH3 is 2. The Kier molecular flexibility index (Phi) is 6.00. The second-order valence-corrected chi connectivity index (χ2v) is 6.70. The lowest BCUT2D eigenvalue weighted by molar-refractivity contribution is 0.355. The average Bonchev–Trinajstić information content (AvgIpc) is 2.70. The lowest BCUT2D eigenvalue weighted by Gasteiger charge is -2.18. The van der Waals surface area contributed by atoms with Crippen LogP contribution in [0.3, 0.4) is 0 Å². The lowest BCUT2D eigenvalue weighted by atomic mass is 10.1. The Hall–Kier alpha value is -3.49.